The predicted octanol–water partition coefficient (Wildman–Crippen LogP) is 4.50. The molecule has 2 N–H and O–H groups in total. The van der Waals surface area contributed by atoms with Crippen LogP contribution in [-0.2, 0) is 27.3 Å². The molecule has 9 heteroatoms. The lowest BCUT2D eigenvalue weighted by molar-refractivity contribution is -0.137. The van der Waals surface area contributed by atoms with Crippen LogP contribution < -0.4 is 15.4 Å². The number of para-hydroxylation sites is 1. The van der Waals surface area contributed by atoms with E-state index in [1.165, 1.54) is 6.92 Å². The van der Waals surface area contributed by atoms with Gasteiger partial charge in [-0.3, -0.25) is 14.4 Å². The molecule has 4 rings (SSSR count). The SMILES string of the molecule is C[C@H](NC(=O)Cc1cc(F)cc(F)c1)C(=O)N[C@H]1CCCCN(Cc2cccc(Oc3ccccc3)c2)C1=O. The van der Waals surface area contributed by atoms with Crippen LogP contribution in [0.15, 0.2) is 72.8 Å². The number of halogens is 2. The third kappa shape index (κ3) is 8.10. The van der Waals surface area contributed by atoms with E-state index < -0.39 is 35.5 Å². The largest absolute Gasteiger partial charge is 0.457 e. The van der Waals surface area contributed by atoms with E-state index >= 15 is 0 Å². The number of carbonyl (C=O) groups excluding carboxylic acids is 3. The first-order valence-corrected chi connectivity index (χ1v) is 12.9. The Morgan fingerprint density at radius 2 is 1.67 bits per heavy atom. The van der Waals surface area contributed by atoms with Crippen LogP contribution in [0.1, 0.15) is 37.3 Å². The van der Waals surface area contributed by atoms with Gasteiger partial charge >= 0.3 is 0 Å². The van der Waals surface area contributed by atoms with Crippen LogP contribution >= 0.6 is 0 Å². The summed E-state index contributed by atoms with van der Waals surface area (Å²) in [7, 11) is 0. The fourth-order valence-corrected chi connectivity index (χ4v) is 4.50. The van der Waals surface area contributed by atoms with Crippen molar-refractivity contribution in [2.75, 3.05) is 6.54 Å². The molecule has 1 fully saturated rings. The standard InChI is InChI=1S/C30H31F2N3O4/c1-20(33-28(36)17-22-14-23(31)18-24(32)15-22)29(37)34-27-12-5-6-13-35(30(27)38)19-21-8-7-11-26(16-21)39-25-9-3-2-4-10-25/h2-4,7-11,14-16,18,20,27H,5-6,12-13,17,19H2,1H3,(H,33,36)(H,34,37)/t20-,27-/m0/s1. The van der Waals surface area contributed by atoms with Crippen molar-refractivity contribution in [1.29, 1.82) is 0 Å². The van der Waals surface area contributed by atoms with Crippen molar-refractivity contribution in [2.24, 2.45) is 0 Å². The zero-order valence-corrected chi connectivity index (χ0v) is 21.7. The van der Waals surface area contributed by atoms with Crippen LogP contribution in [0.4, 0.5) is 8.78 Å². The van der Waals surface area contributed by atoms with Crippen molar-refractivity contribution in [3.8, 4) is 11.5 Å². The van der Waals surface area contributed by atoms with Gasteiger partial charge in [0.15, 0.2) is 0 Å². The molecular formula is C30H31F2N3O4. The second kappa shape index (κ2) is 13.0. The minimum Gasteiger partial charge on any atom is -0.457 e. The Hall–Kier alpha value is -4.27. The Kier molecular flexibility index (Phi) is 9.25. The molecule has 1 aliphatic rings. The van der Waals surface area contributed by atoms with Crippen molar-refractivity contribution < 1.29 is 27.9 Å². The summed E-state index contributed by atoms with van der Waals surface area (Å²) in [6, 6.07) is 18.1. The predicted molar refractivity (Wildman–Crippen MR) is 142 cm³/mol. The van der Waals surface area contributed by atoms with Crippen molar-refractivity contribution in [3.05, 3.63) is 95.6 Å². The summed E-state index contributed by atoms with van der Waals surface area (Å²) in [6.45, 7) is 2.43. The number of hydrogen-bond donors (Lipinski definition) is 2. The zero-order chi connectivity index (χ0) is 27.8. The van der Waals surface area contributed by atoms with Gasteiger partial charge < -0.3 is 20.3 Å². The van der Waals surface area contributed by atoms with Crippen molar-refractivity contribution >= 4 is 17.7 Å². The van der Waals surface area contributed by atoms with E-state index in [0.29, 0.717) is 31.0 Å². The zero-order valence-electron chi connectivity index (χ0n) is 21.7. The molecule has 0 aromatic heterocycles. The first kappa shape index (κ1) is 27.8. The van der Waals surface area contributed by atoms with Crippen LogP contribution in [0.25, 0.3) is 0 Å². The lowest BCUT2D eigenvalue weighted by Crippen LogP contribution is -2.53. The molecule has 1 aliphatic heterocycles. The molecule has 1 saturated heterocycles. The number of likely N-dealkylation sites (tertiary alicyclic amines) is 1. The highest BCUT2D eigenvalue weighted by atomic mass is 19.1. The van der Waals surface area contributed by atoms with E-state index in [-0.39, 0.29) is 17.9 Å². The third-order valence-corrected chi connectivity index (χ3v) is 6.41. The Bertz CT molecular complexity index is 1300. The lowest BCUT2D eigenvalue weighted by atomic mass is 10.1. The molecule has 1 heterocycles. The molecule has 0 unspecified atom stereocenters. The topological polar surface area (TPSA) is 87.7 Å². The summed E-state index contributed by atoms with van der Waals surface area (Å²) in [5.74, 6) is -1.44. The first-order valence-electron chi connectivity index (χ1n) is 12.9. The molecule has 39 heavy (non-hydrogen) atoms. The Morgan fingerprint density at radius 1 is 0.949 bits per heavy atom. The molecule has 2 atom stereocenters. The highest BCUT2D eigenvalue weighted by molar-refractivity contribution is 5.92. The average molecular weight is 536 g/mol. The van der Waals surface area contributed by atoms with Crippen LogP contribution in [0.5, 0.6) is 11.5 Å². The van der Waals surface area contributed by atoms with Gasteiger partial charge in [-0.15, -0.1) is 0 Å². The smallest absolute Gasteiger partial charge is 0.245 e. The second-order valence-corrected chi connectivity index (χ2v) is 9.62. The van der Waals surface area contributed by atoms with E-state index in [0.717, 1.165) is 36.6 Å². The number of nitrogens with zero attached hydrogens (tertiary/aromatic N) is 1. The average Bonchev–Trinajstić information content (AvgIpc) is 3.05. The van der Waals surface area contributed by atoms with Gasteiger partial charge in [-0.1, -0.05) is 30.3 Å². The summed E-state index contributed by atoms with van der Waals surface area (Å²) >= 11 is 0. The monoisotopic (exact) mass is 535 g/mol. The van der Waals surface area contributed by atoms with E-state index in [9.17, 15) is 23.2 Å². The molecule has 0 radical (unpaired) electrons. The second-order valence-electron chi connectivity index (χ2n) is 9.62. The summed E-state index contributed by atoms with van der Waals surface area (Å²) in [5, 5.41) is 5.30. The molecule has 0 saturated carbocycles. The number of nitrogens with one attached hydrogen (secondary N) is 2. The fraction of sp³-hybridized carbons (Fsp3) is 0.300. The van der Waals surface area contributed by atoms with Crippen LogP contribution in [0.3, 0.4) is 0 Å². The van der Waals surface area contributed by atoms with Crippen molar-refractivity contribution in [1.82, 2.24) is 15.5 Å². The molecule has 3 aromatic carbocycles. The maximum atomic E-state index is 13.4. The van der Waals surface area contributed by atoms with Gasteiger partial charge in [0.05, 0.1) is 6.42 Å². The number of hydrogen-bond acceptors (Lipinski definition) is 4. The maximum absolute atomic E-state index is 13.4. The van der Waals surface area contributed by atoms with Crippen molar-refractivity contribution in [2.45, 2.75) is 51.2 Å². The van der Waals surface area contributed by atoms with Gasteiger partial charge in [-0.25, -0.2) is 8.78 Å². The normalized spacial score (nSPS) is 16.2. The summed E-state index contributed by atoms with van der Waals surface area (Å²) in [4.78, 5) is 40.2. The number of benzene rings is 3. The van der Waals surface area contributed by atoms with Crippen LogP contribution in [0, 0.1) is 11.6 Å². The lowest BCUT2D eigenvalue weighted by Gasteiger charge is -2.26. The highest BCUT2D eigenvalue weighted by Gasteiger charge is 2.30. The fourth-order valence-electron chi connectivity index (χ4n) is 4.50. The summed E-state index contributed by atoms with van der Waals surface area (Å²) in [6.07, 6.45) is 1.77. The minimum absolute atomic E-state index is 0.158. The number of amides is 3. The van der Waals surface area contributed by atoms with Gasteiger partial charge in [0, 0.05) is 19.2 Å². The molecule has 204 valence electrons. The molecule has 0 aliphatic carbocycles. The molecule has 3 amide bonds. The van der Waals surface area contributed by atoms with E-state index in [4.69, 9.17) is 4.74 Å². The van der Waals surface area contributed by atoms with E-state index in [2.05, 4.69) is 10.6 Å². The molecule has 0 bridgehead atoms. The van der Waals surface area contributed by atoms with Gasteiger partial charge in [0.2, 0.25) is 17.7 Å². The number of ether oxygens (including phenoxy) is 1. The Labute approximate surface area is 226 Å². The Morgan fingerprint density at radius 3 is 2.41 bits per heavy atom. The quantitative estimate of drug-likeness (QED) is 0.422. The van der Waals surface area contributed by atoms with Crippen molar-refractivity contribution in [3.63, 3.8) is 0 Å². The summed E-state index contributed by atoms with van der Waals surface area (Å²) in [5.41, 5.74) is 1.06. The van der Waals surface area contributed by atoms with E-state index in [1.54, 1.807) is 4.90 Å². The number of rotatable bonds is 9. The van der Waals surface area contributed by atoms with Gasteiger partial charge in [0.1, 0.15) is 35.2 Å². The summed E-state index contributed by atoms with van der Waals surface area (Å²) < 4.78 is 32.7. The van der Waals surface area contributed by atoms with Crippen LogP contribution in [-0.4, -0.2) is 41.2 Å². The first-order chi connectivity index (χ1) is 18.8. The van der Waals surface area contributed by atoms with Gasteiger partial charge in [-0.2, -0.15) is 0 Å². The third-order valence-electron chi connectivity index (χ3n) is 6.41. The highest BCUT2D eigenvalue weighted by Crippen LogP contribution is 2.23. The van der Waals surface area contributed by atoms with Gasteiger partial charge in [0.25, 0.3) is 0 Å². The van der Waals surface area contributed by atoms with E-state index in [1.807, 2.05) is 54.6 Å². The number of carbonyl (C=O) groups is 3. The molecule has 0 spiro atoms. The minimum atomic E-state index is -0.938. The molecule has 3 aromatic rings. The maximum Gasteiger partial charge on any atom is 0.245 e. The molecule has 7 nitrogen and oxygen atoms in total. The Balaban J connectivity index is 1.33. The van der Waals surface area contributed by atoms with Gasteiger partial charge in [-0.05, 0) is 73.7 Å². The van der Waals surface area contributed by atoms with Crippen LogP contribution in [0.2, 0.25) is 0 Å². The molecular weight excluding hydrogens is 504 g/mol.